The predicted octanol–water partition coefficient (Wildman–Crippen LogP) is 4.63. The lowest BCUT2D eigenvalue weighted by Gasteiger charge is -2.25. The third-order valence-electron chi connectivity index (χ3n) is 5.23. The Balaban J connectivity index is 1.99. The Bertz CT molecular complexity index is 978. The van der Waals surface area contributed by atoms with Gasteiger partial charge in [0.15, 0.2) is 0 Å². The van der Waals surface area contributed by atoms with Crippen molar-refractivity contribution in [3.8, 4) is 22.9 Å². The van der Waals surface area contributed by atoms with Crippen molar-refractivity contribution in [2.24, 2.45) is 7.05 Å². The Kier molecular flexibility index (Phi) is 8.79. The molecule has 1 aromatic heterocycles. The molecule has 0 radical (unpaired) electrons. The van der Waals surface area contributed by atoms with Crippen molar-refractivity contribution >= 4 is 0 Å². The molecular formula is C25H32FN3O3. The number of ether oxygens (including phenoxy) is 2. The molecule has 3 aromatic rings. The minimum atomic E-state index is -0.429. The fourth-order valence-corrected chi connectivity index (χ4v) is 3.69. The maximum Gasteiger partial charge on any atom is 0.222 e. The second kappa shape index (κ2) is 11.8. The van der Waals surface area contributed by atoms with E-state index in [0.29, 0.717) is 37.9 Å². The van der Waals surface area contributed by atoms with Crippen LogP contribution in [-0.4, -0.2) is 52.7 Å². The number of nitrogens with zero attached hydrogens (tertiary/aromatic N) is 3. The zero-order chi connectivity index (χ0) is 22.9. The van der Waals surface area contributed by atoms with Crippen LogP contribution in [0, 0.1) is 5.82 Å². The first-order valence-electron chi connectivity index (χ1n) is 11.0. The van der Waals surface area contributed by atoms with E-state index in [1.54, 1.807) is 23.9 Å². The van der Waals surface area contributed by atoms with Gasteiger partial charge in [0.25, 0.3) is 0 Å². The van der Waals surface area contributed by atoms with E-state index in [1.807, 2.05) is 37.4 Å². The Labute approximate surface area is 189 Å². The Morgan fingerprint density at radius 1 is 1.16 bits per heavy atom. The molecule has 1 heterocycles. The van der Waals surface area contributed by atoms with Crippen molar-refractivity contribution in [2.45, 2.75) is 32.4 Å². The van der Waals surface area contributed by atoms with E-state index < -0.39 is 6.10 Å². The number of aliphatic hydroxyl groups excluding tert-OH is 1. The van der Waals surface area contributed by atoms with E-state index in [9.17, 15) is 9.50 Å². The van der Waals surface area contributed by atoms with Gasteiger partial charge in [0.1, 0.15) is 17.3 Å². The summed E-state index contributed by atoms with van der Waals surface area (Å²) in [4.78, 5) is 2.14. The molecule has 6 nitrogen and oxygen atoms in total. The van der Waals surface area contributed by atoms with Crippen molar-refractivity contribution in [3.63, 3.8) is 0 Å². The van der Waals surface area contributed by atoms with Gasteiger partial charge in [-0.1, -0.05) is 49.7 Å². The van der Waals surface area contributed by atoms with Gasteiger partial charge in [0, 0.05) is 45.4 Å². The highest BCUT2D eigenvalue weighted by molar-refractivity contribution is 5.65. The van der Waals surface area contributed by atoms with Crippen LogP contribution in [0.1, 0.15) is 25.3 Å². The molecule has 0 spiro atoms. The average molecular weight is 442 g/mol. The largest absolute Gasteiger partial charge is 0.439 e. The second-order valence-electron chi connectivity index (χ2n) is 7.85. The Morgan fingerprint density at radius 2 is 1.94 bits per heavy atom. The van der Waals surface area contributed by atoms with E-state index in [0.717, 1.165) is 29.7 Å². The van der Waals surface area contributed by atoms with Gasteiger partial charge in [-0.05, 0) is 18.6 Å². The summed E-state index contributed by atoms with van der Waals surface area (Å²) < 4.78 is 26.8. The number of halogens is 1. The zero-order valence-electron chi connectivity index (χ0n) is 19.0. The van der Waals surface area contributed by atoms with Crippen LogP contribution in [0.4, 0.5) is 4.39 Å². The molecule has 0 aliphatic carbocycles. The quantitative estimate of drug-likeness (QED) is 0.444. The molecule has 2 aromatic carbocycles. The summed E-state index contributed by atoms with van der Waals surface area (Å²) in [6.45, 7) is 4.27. The number of benzene rings is 2. The molecule has 0 saturated carbocycles. The molecule has 0 amide bonds. The van der Waals surface area contributed by atoms with Gasteiger partial charge in [-0.3, -0.25) is 4.90 Å². The summed E-state index contributed by atoms with van der Waals surface area (Å²) in [5.74, 6) is 0.587. The van der Waals surface area contributed by atoms with Gasteiger partial charge >= 0.3 is 0 Å². The summed E-state index contributed by atoms with van der Waals surface area (Å²) in [5, 5.41) is 15.2. The van der Waals surface area contributed by atoms with Gasteiger partial charge in [-0.25, -0.2) is 9.07 Å². The number of aliphatic hydroxyl groups is 1. The number of hydrogen-bond donors (Lipinski definition) is 1. The Morgan fingerprint density at radius 3 is 2.62 bits per heavy atom. The molecule has 172 valence electrons. The van der Waals surface area contributed by atoms with Gasteiger partial charge in [-0.15, -0.1) is 0 Å². The number of hydrogen-bond acceptors (Lipinski definition) is 5. The van der Waals surface area contributed by atoms with Crippen LogP contribution in [-0.2, 0) is 18.3 Å². The molecule has 1 atom stereocenters. The van der Waals surface area contributed by atoms with Crippen molar-refractivity contribution in [3.05, 3.63) is 66.0 Å². The first-order chi connectivity index (χ1) is 15.5. The van der Waals surface area contributed by atoms with Gasteiger partial charge in [-0.2, -0.15) is 5.10 Å². The van der Waals surface area contributed by atoms with Crippen LogP contribution in [0.3, 0.4) is 0 Å². The summed E-state index contributed by atoms with van der Waals surface area (Å²) in [5.41, 5.74) is 2.64. The van der Waals surface area contributed by atoms with Crippen molar-refractivity contribution in [2.75, 3.05) is 26.8 Å². The maximum atomic E-state index is 13.8. The monoisotopic (exact) mass is 441 g/mol. The minimum Gasteiger partial charge on any atom is -0.439 e. The summed E-state index contributed by atoms with van der Waals surface area (Å²) in [6.07, 6.45) is 1.21. The Hall–Kier alpha value is -2.74. The second-order valence-corrected chi connectivity index (χ2v) is 7.85. The zero-order valence-corrected chi connectivity index (χ0v) is 19.0. The van der Waals surface area contributed by atoms with Crippen molar-refractivity contribution < 1.29 is 19.0 Å². The highest BCUT2D eigenvalue weighted by atomic mass is 19.1. The van der Waals surface area contributed by atoms with Crippen LogP contribution in [0.2, 0.25) is 0 Å². The van der Waals surface area contributed by atoms with Gasteiger partial charge in [0.2, 0.25) is 5.88 Å². The normalized spacial score (nSPS) is 12.3. The van der Waals surface area contributed by atoms with Crippen LogP contribution >= 0.6 is 0 Å². The van der Waals surface area contributed by atoms with Crippen LogP contribution < -0.4 is 4.74 Å². The van der Waals surface area contributed by atoms with Crippen LogP contribution in [0.5, 0.6) is 11.6 Å². The molecule has 1 N–H and O–H groups in total. The fraction of sp³-hybridized carbons (Fsp3) is 0.400. The summed E-state index contributed by atoms with van der Waals surface area (Å²) >= 11 is 0. The maximum absolute atomic E-state index is 13.8. The van der Waals surface area contributed by atoms with E-state index in [2.05, 4.69) is 11.8 Å². The standard InChI is InChI=1S/C25H32FN3O3/c1-4-9-21(30)17-29(14-15-31-3)18-23-24(19-10-6-5-7-11-19)27-28(2)25(23)32-22-13-8-12-20(26)16-22/h5-8,10-13,16,21,30H,4,9,14-15,17-18H2,1-3H3/t21-/m1/s1. The SMILES string of the molecule is CCC[C@@H](O)CN(CCOC)Cc1c(-c2ccccc2)nn(C)c1Oc1cccc(F)c1. The molecular weight excluding hydrogens is 409 g/mol. The van der Waals surface area contributed by atoms with E-state index in [4.69, 9.17) is 14.6 Å². The highest BCUT2D eigenvalue weighted by Gasteiger charge is 2.23. The number of aromatic nitrogens is 2. The first-order valence-corrected chi connectivity index (χ1v) is 11.0. The van der Waals surface area contributed by atoms with Crippen LogP contribution in [0.25, 0.3) is 11.3 Å². The lowest BCUT2D eigenvalue weighted by atomic mass is 10.1. The molecule has 7 heteroatoms. The number of rotatable bonds is 12. The third kappa shape index (κ3) is 6.38. The summed E-state index contributed by atoms with van der Waals surface area (Å²) in [7, 11) is 3.48. The van der Waals surface area contributed by atoms with E-state index in [-0.39, 0.29) is 5.82 Å². The summed E-state index contributed by atoms with van der Waals surface area (Å²) in [6, 6.07) is 16.0. The minimum absolute atomic E-state index is 0.362. The molecule has 3 rings (SSSR count). The third-order valence-corrected chi connectivity index (χ3v) is 5.23. The molecule has 0 aliphatic heterocycles. The van der Waals surface area contributed by atoms with Crippen LogP contribution in [0.15, 0.2) is 54.6 Å². The molecule has 0 unspecified atom stereocenters. The predicted molar refractivity (Wildman–Crippen MR) is 123 cm³/mol. The smallest absolute Gasteiger partial charge is 0.222 e. The van der Waals surface area contributed by atoms with Gasteiger partial charge < -0.3 is 14.6 Å². The van der Waals surface area contributed by atoms with Crippen molar-refractivity contribution in [1.29, 1.82) is 0 Å². The van der Waals surface area contributed by atoms with Crippen molar-refractivity contribution in [1.82, 2.24) is 14.7 Å². The first kappa shape index (κ1) is 23.9. The molecule has 0 aliphatic rings. The highest BCUT2D eigenvalue weighted by Crippen LogP contribution is 2.34. The lowest BCUT2D eigenvalue weighted by Crippen LogP contribution is -2.34. The van der Waals surface area contributed by atoms with Gasteiger partial charge in [0.05, 0.1) is 18.3 Å². The fourth-order valence-electron chi connectivity index (χ4n) is 3.69. The molecule has 0 saturated heterocycles. The molecule has 32 heavy (non-hydrogen) atoms. The van der Waals surface area contributed by atoms with E-state index >= 15 is 0 Å². The lowest BCUT2D eigenvalue weighted by molar-refractivity contribution is 0.0797. The molecule has 0 fully saturated rings. The number of aryl methyl sites for hydroxylation is 1. The topological polar surface area (TPSA) is 59.8 Å². The van der Waals surface area contributed by atoms with E-state index in [1.165, 1.54) is 12.1 Å². The average Bonchev–Trinajstić information content (AvgIpc) is 3.08. The molecule has 0 bridgehead atoms. The number of methoxy groups -OCH3 is 1.